The maximum Gasteiger partial charge on any atom is 0.117 e. The second-order valence-electron chi connectivity index (χ2n) is 3.99. The Kier molecular flexibility index (Phi) is 1.72. The quantitative estimate of drug-likeness (QED) is 0.720. The van der Waals surface area contributed by atoms with Crippen LogP contribution >= 0.6 is 0 Å². The largest absolute Gasteiger partial charge is 0.414 e. The van der Waals surface area contributed by atoms with Gasteiger partial charge >= 0.3 is 0 Å². The lowest BCUT2D eigenvalue weighted by molar-refractivity contribution is 0.103. The van der Waals surface area contributed by atoms with Crippen molar-refractivity contribution in [3.05, 3.63) is 36.7 Å². The standard InChI is InChI=1S/C12H13NO/c1-2-4-12-8-13(7-11(12)3-1)14-9-10-5-6-10/h1-4,7-8,10H,5-6,9H2. The third-order valence-electron chi connectivity index (χ3n) is 2.68. The van der Waals surface area contributed by atoms with E-state index in [4.69, 9.17) is 4.84 Å². The SMILES string of the molecule is c1ccc2cn(OCC3CC3)cc2c1. The van der Waals surface area contributed by atoms with Gasteiger partial charge in [-0.15, -0.1) is 0 Å². The Bertz CT molecular complexity index is 409. The number of nitrogens with zero attached hydrogens (tertiary/aromatic N) is 1. The zero-order valence-corrected chi connectivity index (χ0v) is 8.02. The molecule has 1 saturated carbocycles. The predicted octanol–water partition coefficient (Wildman–Crippen LogP) is 2.48. The average molecular weight is 187 g/mol. The Labute approximate surface area is 83.1 Å². The van der Waals surface area contributed by atoms with Crippen molar-refractivity contribution in [1.82, 2.24) is 4.73 Å². The monoisotopic (exact) mass is 187 g/mol. The zero-order chi connectivity index (χ0) is 9.38. The summed E-state index contributed by atoms with van der Waals surface area (Å²) in [5, 5.41) is 2.48. The lowest BCUT2D eigenvalue weighted by Crippen LogP contribution is -2.11. The number of hydrogen-bond acceptors (Lipinski definition) is 1. The maximum atomic E-state index is 5.63. The number of aromatic nitrogens is 1. The van der Waals surface area contributed by atoms with Crippen LogP contribution in [0.2, 0.25) is 0 Å². The molecule has 0 unspecified atom stereocenters. The third-order valence-corrected chi connectivity index (χ3v) is 2.68. The molecular weight excluding hydrogens is 174 g/mol. The molecule has 0 spiro atoms. The lowest BCUT2D eigenvalue weighted by atomic mass is 10.2. The molecule has 72 valence electrons. The number of fused-ring (bicyclic) bond motifs is 1. The molecule has 1 aromatic carbocycles. The first kappa shape index (κ1) is 7.92. The van der Waals surface area contributed by atoms with Gasteiger partial charge in [0.1, 0.15) is 6.61 Å². The van der Waals surface area contributed by atoms with Gasteiger partial charge in [-0.25, -0.2) is 0 Å². The number of hydrogen-bond donors (Lipinski definition) is 0. The fourth-order valence-corrected chi connectivity index (χ4v) is 1.61. The fourth-order valence-electron chi connectivity index (χ4n) is 1.61. The highest BCUT2D eigenvalue weighted by Gasteiger charge is 2.22. The van der Waals surface area contributed by atoms with Gasteiger partial charge in [0.25, 0.3) is 0 Å². The summed E-state index contributed by atoms with van der Waals surface area (Å²) in [7, 11) is 0. The molecule has 0 bridgehead atoms. The highest BCUT2D eigenvalue weighted by molar-refractivity contribution is 5.81. The molecule has 1 aliphatic carbocycles. The molecule has 2 nitrogen and oxygen atoms in total. The first-order valence-corrected chi connectivity index (χ1v) is 5.12. The van der Waals surface area contributed by atoms with Gasteiger partial charge in [-0.1, -0.05) is 24.3 Å². The summed E-state index contributed by atoms with van der Waals surface area (Å²) >= 11 is 0. The summed E-state index contributed by atoms with van der Waals surface area (Å²) in [4.78, 5) is 5.63. The Morgan fingerprint density at radius 3 is 2.36 bits per heavy atom. The first-order valence-electron chi connectivity index (χ1n) is 5.12. The van der Waals surface area contributed by atoms with Crippen molar-refractivity contribution < 1.29 is 4.84 Å². The van der Waals surface area contributed by atoms with Gasteiger partial charge in [0.15, 0.2) is 0 Å². The molecule has 1 heterocycles. The highest BCUT2D eigenvalue weighted by Crippen LogP contribution is 2.28. The molecule has 1 fully saturated rings. The Balaban J connectivity index is 1.82. The van der Waals surface area contributed by atoms with Crippen LogP contribution in [-0.2, 0) is 0 Å². The van der Waals surface area contributed by atoms with Gasteiger partial charge in [0, 0.05) is 10.8 Å². The van der Waals surface area contributed by atoms with Crippen molar-refractivity contribution in [2.24, 2.45) is 5.92 Å². The van der Waals surface area contributed by atoms with Crippen LogP contribution in [0.1, 0.15) is 12.8 Å². The molecule has 1 aliphatic rings. The molecule has 1 aromatic heterocycles. The van der Waals surface area contributed by atoms with Gasteiger partial charge in [0.2, 0.25) is 0 Å². The van der Waals surface area contributed by atoms with E-state index in [2.05, 4.69) is 12.1 Å². The van der Waals surface area contributed by atoms with Crippen LogP contribution in [0.5, 0.6) is 0 Å². The van der Waals surface area contributed by atoms with E-state index < -0.39 is 0 Å². The minimum atomic E-state index is 0.806. The van der Waals surface area contributed by atoms with Gasteiger partial charge in [0.05, 0.1) is 12.4 Å². The fraction of sp³-hybridized carbons (Fsp3) is 0.333. The summed E-state index contributed by atoms with van der Waals surface area (Å²) in [5.74, 6) is 0.806. The Hall–Kier alpha value is -1.44. The van der Waals surface area contributed by atoms with E-state index in [0.29, 0.717) is 0 Å². The topological polar surface area (TPSA) is 14.2 Å². The lowest BCUT2D eigenvalue weighted by Gasteiger charge is -2.03. The molecular formula is C12H13NO. The third kappa shape index (κ3) is 1.48. The van der Waals surface area contributed by atoms with Crippen LogP contribution in [0.4, 0.5) is 0 Å². The molecule has 0 saturated heterocycles. The van der Waals surface area contributed by atoms with Crippen LogP contribution in [0.3, 0.4) is 0 Å². The van der Waals surface area contributed by atoms with Gasteiger partial charge in [-0.2, -0.15) is 4.73 Å². The van der Waals surface area contributed by atoms with Crippen molar-refractivity contribution in [2.75, 3.05) is 6.61 Å². The molecule has 2 aromatic rings. The Morgan fingerprint density at radius 2 is 1.79 bits per heavy atom. The molecule has 0 N–H and O–H groups in total. The van der Waals surface area contributed by atoms with E-state index in [1.807, 2.05) is 29.3 Å². The van der Waals surface area contributed by atoms with E-state index >= 15 is 0 Å². The van der Waals surface area contributed by atoms with Crippen molar-refractivity contribution in [3.63, 3.8) is 0 Å². The van der Waals surface area contributed by atoms with Gasteiger partial charge in [-0.05, 0) is 18.8 Å². The van der Waals surface area contributed by atoms with E-state index in [1.54, 1.807) is 0 Å². The van der Waals surface area contributed by atoms with E-state index in [1.165, 1.54) is 23.6 Å². The molecule has 0 radical (unpaired) electrons. The van der Waals surface area contributed by atoms with Crippen LogP contribution in [0.15, 0.2) is 36.7 Å². The minimum Gasteiger partial charge on any atom is -0.414 e. The number of rotatable bonds is 3. The van der Waals surface area contributed by atoms with Crippen molar-refractivity contribution in [1.29, 1.82) is 0 Å². The predicted molar refractivity (Wildman–Crippen MR) is 56.1 cm³/mol. The van der Waals surface area contributed by atoms with E-state index in [9.17, 15) is 0 Å². The smallest absolute Gasteiger partial charge is 0.117 e. The van der Waals surface area contributed by atoms with Crippen LogP contribution in [0, 0.1) is 5.92 Å². The molecule has 14 heavy (non-hydrogen) atoms. The van der Waals surface area contributed by atoms with Crippen molar-refractivity contribution >= 4 is 10.8 Å². The summed E-state index contributed by atoms with van der Waals surface area (Å²) in [5.41, 5.74) is 0. The van der Waals surface area contributed by atoms with Gasteiger partial charge in [-0.3, -0.25) is 0 Å². The molecule has 0 aliphatic heterocycles. The summed E-state index contributed by atoms with van der Waals surface area (Å²) in [6.07, 6.45) is 6.75. The summed E-state index contributed by atoms with van der Waals surface area (Å²) in [6, 6.07) is 8.31. The summed E-state index contributed by atoms with van der Waals surface area (Å²) < 4.78 is 1.84. The Morgan fingerprint density at radius 1 is 1.14 bits per heavy atom. The van der Waals surface area contributed by atoms with Gasteiger partial charge < -0.3 is 4.84 Å². The first-order chi connectivity index (χ1) is 6.92. The number of benzene rings is 1. The molecule has 3 rings (SSSR count). The van der Waals surface area contributed by atoms with Crippen LogP contribution < -0.4 is 4.84 Å². The van der Waals surface area contributed by atoms with Crippen LogP contribution in [-0.4, -0.2) is 11.3 Å². The van der Waals surface area contributed by atoms with E-state index in [-0.39, 0.29) is 0 Å². The molecule has 2 heteroatoms. The maximum absolute atomic E-state index is 5.63. The summed E-state index contributed by atoms with van der Waals surface area (Å²) in [6.45, 7) is 0.862. The van der Waals surface area contributed by atoms with Crippen LogP contribution in [0.25, 0.3) is 10.8 Å². The molecule has 0 amide bonds. The zero-order valence-electron chi connectivity index (χ0n) is 8.02. The highest BCUT2D eigenvalue weighted by atomic mass is 16.7. The minimum absolute atomic E-state index is 0.806. The average Bonchev–Trinajstić information content (AvgIpc) is 2.94. The van der Waals surface area contributed by atoms with Crippen molar-refractivity contribution in [2.45, 2.75) is 12.8 Å². The molecule has 0 atom stereocenters. The second-order valence-corrected chi connectivity index (χ2v) is 3.99. The van der Waals surface area contributed by atoms with E-state index in [0.717, 1.165) is 12.5 Å². The van der Waals surface area contributed by atoms with Crippen molar-refractivity contribution in [3.8, 4) is 0 Å². The second kappa shape index (κ2) is 3.05. The normalized spacial score (nSPS) is 16.0.